The minimum absolute atomic E-state index is 0. The maximum absolute atomic E-state index is 11.0. The first kappa shape index (κ1) is 44.1. The Morgan fingerprint density at radius 1 is 0.811 bits per heavy atom. The quantitative estimate of drug-likeness (QED) is 0.153. The molecule has 2 aromatic rings. The lowest BCUT2D eigenvalue weighted by Crippen LogP contribution is -2.18. The van der Waals surface area contributed by atoms with Gasteiger partial charge < -0.3 is 14.2 Å². The van der Waals surface area contributed by atoms with Gasteiger partial charge in [0.15, 0.2) is 0 Å². The molecule has 2 N–H and O–H groups in total. The van der Waals surface area contributed by atoms with Crippen molar-refractivity contribution < 1.29 is 31.7 Å². The summed E-state index contributed by atoms with van der Waals surface area (Å²) in [6, 6.07) is 17.9. The van der Waals surface area contributed by atoms with Gasteiger partial charge in [-0.25, -0.2) is 4.79 Å². The third kappa shape index (κ3) is 29.2. The summed E-state index contributed by atoms with van der Waals surface area (Å²) >= 11 is 0. The highest BCUT2D eigenvalue weighted by atomic mass is 32.2. The highest BCUT2D eigenvalue weighted by Crippen LogP contribution is 2.09. The van der Waals surface area contributed by atoms with Gasteiger partial charge in [0.1, 0.15) is 24.7 Å². The smallest absolute Gasteiger partial charge is 0.333 e. The molecule has 0 aliphatic rings. The first-order valence-corrected chi connectivity index (χ1v) is 13.1. The molecule has 0 heterocycles. The van der Waals surface area contributed by atoms with Crippen LogP contribution >= 0.6 is 0 Å². The molecule has 216 valence electrons. The predicted molar refractivity (Wildman–Crippen MR) is 156 cm³/mol. The molecule has 8 nitrogen and oxygen atoms in total. The zero-order chi connectivity index (χ0) is 27.5. The number of benzene rings is 2. The van der Waals surface area contributed by atoms with Crippen LogP contribution in [0.2, 0.25) is 0 Å². The van der Waals surface area contributed by atoms with E-state index in [1.54, 1.807) is 37.3 Å². The standard InChI is InChI=1S/C12H14O3.C7H9NO4S.C3H8.2C2H6.2CH4/c1-10(2)12(13)15-9-8-14-11-6-4-3-5-7-11;8-12-13(9,10)6-11-7-4-2-1-3-5-7;1-3-2;2*1-2;;/h3-7H,1,8-9H2,2H3;1-5H,6,8H2;3H2,1-2H3;2*1-2H3;2*1H4. The average Bonchev–Trinajstić information content (AvgIpc) is 2.90. The Hall–Kier alpha value is -2.88. The molecule has 0 aliphatic heterocycles. The second-order valence-electron chi connectivity index (χ2n) is 6.01. The maximum Gasteiger partial charge on any atom is 0.333 e. The van der Waals surface area contributed by atoms with Crippen molar-refractivity contribution in [3.8, 4) is 11.5 Å². The fourth-order valence-electron chi connectivity index (χ4n) is 1.62. The van der Waals surface area contributed by atoms with E-state index < -0.39 is 16.1 Å². The van der Waals surface area contributed by atoms with Gasteiger partial charge >= 0.3 is 16.1 Å². The molecule has 0 saturated heterocycles. The Morgan fingerprint density at radius 2 is 1.19 bits per heavy atom. The van der Waals surface area contributed by atoms with E-state index in [0.717, 1.165) is 5.75 Å². The molecule has 0 aliphatic carbocycles. The molecule has 2 rings (SSSR count). The summed E-state index contributed by atoms with van der Waals surface area (Å²) in [4.78, 5) is 11.0. The summed E-state index contributed by atoms with van der Waals surface area (Å²) in [5, 5.41) is 0. The molecule has 0 atom stereocenters. The van der Waals surface area contributed by atoms with Gasteiger partial charge in [0, 0.05) is 5.57 Å². The van der Waals surface area contributed by atoms with E-state index in [1.165, 1.54) is 6.42 Å². The fourth-order valence-corrected chi connectivity index (χ4v) is 1.95. The van der Waals surface area contributed by atoms with Crippen molar-refractivity contribution in [2.75, 3.05) is 19.2 Å². The summed E-state index contributed by atoms with van der Waals surface area (Å²) < 4.78 is 40.2. The average molecular weight is 546 g/mol. The van der Waals surface area contributed by atoms with Crippen LogP contribution in [-0.2, 0) is 23.9 Å². The molecule has 0 fully saturated rings. The van der Waals surface area contributed by atoms with Crippen LogP contribution in [0.25, 0.3) is 0 Å². The lowest BCUT2D eigenvalue weighted by Gasteiger charge is -2.06. The van der Waals surface area contributed by atoms with Crippen LogP contribution in [0.3, 0.4) is 0 Å². The van der Waals surface area contributed by atoms with E-state index in [2.05, 4.69) is 30.6 Å². The zero-order valence-corrected chi connectivity index (χ0v) is 23.0. The van der Waals surface area contributed by atoms with Gasteiger partial charge in [-0.15, -0.1) is 0 Å². The van der Waals surface area contributed by atoms with Gasteiger partial charge in [-0.2, -0.15) is 18.6 Å². The third-order valence-corrected chi connectivity index (χ3v) is 3.64. The summed E-state index contributed by atoms with van der Waals surface area (Å²) in [6.45, 7) is 17.9. The van der Waals surface area contributed by atoms with Crippen LogP contribution < -0.4 is 15.4 Å². The van der Waals surface area contributed by atoms with Gasteiger partial charge in [-0.1, -0.05) is 106 Å². The summed E-state index contributed by atoms with van der Waals surface area (Å²) in [7, 11) is -3.76. The summed E-state index contributed by atoms with van der Waals surface area (Å²) in [5.74, 6) is 4.74. The van der Waals surface area contributed by atoms with Crippen LogP contribution in [0, 0.1) is 0 Å². The van der Waals surface area contributed by atoms with E-state index in [9.17, 15) is 13.2 Å². The van der Waals surface area contributed by atoms with E-state index in [0.29, 0.717) is 17.9 Å². The number of hydrogen-bond acceptors (Lipinski definition) is 8. The Labute approximate surface area is 226 Å². The SMILES string of the molecule is C.C.C=C(C)C(=O)OCCOc1ccccc1.CC.CC.CCC.NOS(=O)(=O)COc1ccccc1. The minimum atomic E-state index is -3.76. The molecule has 0 spiro atoms. The van der Waals surface area contributed by atoms with E-state index in [4.69, 9.17) is 14.2 Å². The monoisotopic (exact) mass is 545 g/mol. The van der Waals surface area contributed by atoms with Gasteiger partial charge in [0.25, 0.3) is 0 Å². The number of carbonyl (C=O) groups excluding carboxylic acids is 1. The van der Waals surface area contributed by atoms with E-state index >= 15 is 0 Å². The van der Waals surface area contributed by atoms with Crippen LogP contribution in [0.4, 0.5) is 0 Å². The Bertz CT molecular complexity index is 843. The Balaban J connectivity index is -0.000000143. The third-order valence-electron chi connectivity index (χ3n) is 2.94. The molecule has 2 aromatic carbocycles. The lowest BCUT2D eigenvalue weighted by atomic mass is 10.3. The Kier molecular flexibility index (Phi) is 37.2. The van der Waals surface area contributed by atoms with Gasteiger partial charge in [0.2, 0.25) is 5.94 Å². The van der Waals surface area contributed by atoms with Crippen LogP contribution in [0.15, 0.2) is 72.8 Å². The number of esters is 1. The molecule has 0 radical (unpaired) electrons. The summed E-state index contributed by atoms with van der Waals surface area (Å²) in [5.41, 5.74) is 0.398. The van der Waals surface area contributed by atoms with Crippen LogP contribution in [-0.4, -0.2) is 33.5 Å². The Morgan fingerprint density at radius 3 is 1.54 bits per heavy atom. The number of ether oxygens (including phenoxy) is 3. The molecular weight excluding hydrogens is 494 g/mol. The molecular formula is C28H51NO7S. The first-order chi connectivity index (χ1) is 16.8. The largest absolute Gasteiger partial charge is 0.490 e. The topological polar surface area (TPSA) is 114 Å². The number of hydrogen-bond donors (Lipinski definition) is 1. The molecule has 0 aromatic heterocycles. The molecule has 0 unspecified atom stereocenters. The van der Waals surface area contributed by atoms with E-state index in [-0.39, 0.29) is 27.4 Å². The highest BCUT2D eigenvalue weighted by Gasteiger charge is 2.09. The van der Waals surface area contributed by atoms with Gasteiger partial charge in [-0.3, -0.25) is 0 Å². The number of carbonyl (C=O) groups is 1. The van der Waals surface area contributed by atoms with Crippen LogP contribution in [0.1, 0.15) is 69.7 Å². The zero-order valence-electron chi connectivity index (χ0n) is 22.2. The van der Waals surface area contributed by atoms with Gasteiger partial charge in [-0.05, 0) is 31.2 Å². The normalized spacial score (nSPS) is 8.54. The molecule has 0 saturated carbocycles. The molecule has 37 heavy (non-hydrogen) atoms. The van der Waals surface area contributed by atoms with Gasteiger partial charge in [0.05, 0.1) is 0 Å². The van der Waals surface area contributed by atoms with Crippen LogP contribution in [0.5, 0.6) is 11.5 Å². The van der Waals surface area contributed by atoms with Crippen molar-refractivity contribution in [3.63, 3.8) is 0 Å². The molecule has 9 heteroatoms. The maximum atomic E-state index is 11.0. The number of nitrogens with two attached hydrogens (primary N) is 1. The summed E-state index contributed by atoms with van der Waals surface area (Å²) in [6.07, 6.45) is 1.25. The van der Waals surface area contributed by atoms with Crippen molar-refractivity contribution in [3.05, 3.63) is 72.8 Å². The highest BCUT2D eigenvalue weighted by molar-refractivity contribution is 7.86. The number of para-hydroxylation sites is 2. The van der Waals surface area contributed by atoms with Crippen molar-refractivity contribution >= 4 is 16.1 Å². The van der Waals surface area contributed by atoms with Crippen molar-refractivity contribution in [2.24, 2.45) is 5.90 Å². The van der Waals surface area contributed by atoms with E-state index in [1.807, 2.05) is 58.0 Å². The minimum Gasteiger partial charge on any atom is -0.490 e. The molecule has 0 bridgehead atoms. The molecule has 0 amide bonds. The predicted octanol–water partition coefficient (Wildman–Crippen LogP) is 7.17. The first-order valence-electron chi connectivity index (χ1n) is 11.5. The van der Waals surface area contributed by atoms with Crippen molar-refractivity contribution in [2.45, 2.75) is 69.7 Å². The lowest BCUT2D eigenvalue weighted by molar-refractivity contribution is -0.139. The second-order valence-corrected chi connectivity index (χ2v) is 7.56. The van der Waals surface area contributed by atoms with Crippen molar-refractivity contribution in [1.29, 1.82) is 0 Å². The fraction of sp³-hybridized carbons (Fsp3) is 0.464. The number of rotatable bonds is 9. The van der Waals surface area contributed by atoms with Crippen molar-refractivity contribution in [1.82, 2.24) is 0 Å². The second kappa shape index (κ2) is 31.2.